The summed E-state index contributed by atoms with van der Waals surface area (Å²) in [6, 6.07) is 1.49. The smallest absolute Gasteiger partial charge is 0.00695 e. The van der Waals surface area contributed by atoms with Crippen molar-refractivity contribution in [1.82, 2.24) is 5.32 Å². The van der Waals surface area contributed by atoms with Crippen LogP contribution in [0.1, 0.15) is 90.9 Å². The van der Waals surface area contributed by atoms with Crippen LogP contribution in [0.15, 0.2) is 0 Å². The summed E-state index contributed by atoms with van der Waals surface area (Å²) in [5, 5.41) is 3.92. The van der Waals surface area contributed by atoms with Gasteiger partial charge in [0, 0.05) is 12.1 Å². The van der Waals surface area contributed by atoms with Gasteiger partial charge in [-0.1, -0.05) is 64.7 Å². The molecule has 0 spiro atoms. The molecule has 0 aromatic rings. The molecule has 1 atom stereocenters. The molecule has 1 aliphatic rings. The van der Waals surface area contributed by atoms with Gasteiger partial charge in [0.2, 0.25) is 0 Å². The highest BCUT2D eigenvalue weighted by molar-refractivity contribution is 7.99. The van der Waals surface area contributed by atoms with Crippen molar-refractivity contribution in [3.05, 3.63) is 0 Å². The summed E-state index contributed by atoms with van der Waals surface area (Å²) < 4.78 is 0. The lowest BCUT2D eigenvalue weighted by atomic mass is 9.97. The Labute approximate surface area is 132 Å². The minimum atomic E-state index is 0.701. The van der Waals surface area contributed by atoms with Gasteiger partial charge in [0.25, 0.3) is 0 Å². The van der Waals surface area contributed by atoms with Gasteiger partial charge in [-0.3, -0.25) is 0 Å². The van der Waals surface area contributed by atoms with Crippen LogP contribution in [-0.4, -0.2) is 23.6 Å². The fourth-order valence-corrected chi connectivity index (χ4v) is 4.03. The molecule has 1 saturated carbocycles. The van der Waals surface area contributed by atoms with Crippen LogP contribution < -0.4 is 5.32 Å². The zero-order chi connectivity index (χ0) is 14.5. The van der Waals surface area contributed by atoms with Crippen LogP contribution in [0, 0.1) is 0 Å². The predicted molar refractivity (Wildman–Crippen MR) is 94.8 cm³/mol. The molecular formula is C18H37NS. The van der Waals surface area contributed by atoms with Crippen molar-refractivity contribution >= 4 is 11.8 Å². The monoisotopic (exact) mass is 299 g/mol. The van der Waals surface area contributed by atoms with Crippen LogP contribution in [0.25, 0.3) is 0 Å². The zero-order valence-corrected chi connectivity index (χ0v) is 14.8. The van der Waals surface area contributed by atoms with Crippen molar-refractivity contribution in [2.24, 2.45) is 0 Å². The van der Waals surface area contributed by atoms with Crippen LogP contribution in [-0.2, 0) is 0 Å². The van der Waals surface area contributed by atoms with E-state index in [1.54, 1.807) is 0 Å². The second-order valence-corrected chi connectivity index (χ2v) is 7.90. The highest BCUT2D eigenvalue weighted by Gasteiger charge is 2.12. The lowest BCUT2D eigenvalue weighted by molar-refractivity contribution is 0.368. The van der Waals surface area contributed by atoms with Crippen LogP contribution in [0.4, 0.5) is 0 Å². The Balaban J connectivity index is 2.23. The lowest BCUT2D eigenvalue weighted by Gasteiger charge is -2.24. The first-order valence-electron chi connectivity index (χ1n) is 9.16. The molecule has 0 amide bonds. The van der Waals surface area contributed by atoms with Gasteiger partial charge in [-0.05, 0) is 37.7 Å². The summed E-state index contributed by atoms with van der Waals surface area (Å²) in [7, 11) is 0. The van der Waals surface area contributed by atoms with Crippen molar-refractivity contribution < 1.29 is 0 Å². The molecule has 1 unspecified atom stereocenters. The van der Waals surface area contributed by atoms with Gasteiger partial charge in [0.05, 0.1) is 0 Å². The van der Waals surface area contributed by atoms with Gasteiger partial charge in [-0.25, -0.2) is 0 Å². The van der Waals surface area contributed by atoms with Gasteiger partial charge < -0.3 is 5.32 Å². The van der Waals surface area contributed by atoms with Gasteiger partial charge in [0.1, 0.15) is 0 Å². The van der Waals surface area contributed by atoms with Gasteiger partial charge in [-0.2, -0.15) is 11.8 Å². The van der Waals surface area contributed by atoms with Crippen LogP contribution >= 0.6 is 11.8 Å². The normalized spacial score (nSPS) is 21.9. The summed E-state index contributed by atoms with van der Waals surface area (Å²) in [5.41, 5.74) is 0. The van der Waals surface area contributed by atoms with Crippen molar-refractivity contribution in [3.63, 3.8) is 0 Å². The first-order chi connectivity index (χ1) is 9.83. The average Bonchev–Trinajstić information content (AvgIpc) is 2.42. The van der Waals surface area contributed by atoms with E-state index in [0.717, 1.165) is 6.04 Å². The van der Waals surface area contributed by atoms with E-state index in [4.69, 9.17) is 0 Å². The Morgan fingerprint density at radius 1 is 0.900 bits per heavy atom. The Morgan fingerprint density at radius 3 is 1.90 bits per heavy atom. The highest BCUT2D eigenvalue weighted by atomic mass is 32.2. The molecular weight excluding hydrogens is 262 g/mol. The Morgan fingerprint density at radius 2 is 1.40 bits per heavy atom. The van der Waals surface area contributed by atoms with Gasteiger partial charge >= 0.3 is 0 Å². The SMILES string of the molecule is CCSCCC(C)NC1CCCCCCCCCCC1. The second-order valence-electron chi connectivity index (χ2n) is 6.51. The van der Waals surface area contributed by atoms with Gasteiger partial charge in [0.15, 0.2) is 0 Å². The van der Waals surface area contributed by atoms with E-state index < -0.39 is 0 Å². The first kappa shape index (κ1) is 18.4. The molecule has 1 nitrogen and oxygen atoms in total. The molecule has 0 aromatic heterocycles. The minimum absolute atomic E-state index is 0.701. The predicted octanol–water partition coefficient (Wildman–Crippen LogP) is 5.78. The first-order valence-corrected chi connectivity index (χ1v) is 10.3. The van der Waals surface area contributed by atoms with Crippen LogP contribution in [0.2, 0.25) is 0 Å². The van der Waals surface area contributed by atoms with Crippen LogP contribution in [0.5, 0.6) is 0 Å². The van der Waals surface area contributed by atoms with Crippen molar-refractivity contribution in [1.29, 1.82) is 0 Å². The minimum Gasteiger partial charge on any atom is -0.311 e. The number of hydrogen-bond acceptors (Lipinski definition) is 2. The standard InChI is InChI=1S/C18H37NS/c1-3-20-16-15-17(2)19-18-13-11-9-7-5-4-6-8-10-12-14-18/h17-19H,3-16H2,1-2H3. The molecule has 1 fully saturated rings. The largest absolute Gasteiger partial charge is 0.311 e. The molecule has 2 heteroatoms. The summed E-state index contributed by atoms with van der Waals surface area (Å²) in [5.74, 6) is 2.58. The number of rotatable bonds is 6. The van der Waals surface area contributed by atoms with E-state index in [9.17, 15) is 0 Å². The Bertz CT molecular complexity index is 196. The average molecular weight is 300 g/mol. The van der Waals surface area contributed by atoms with Gasteiger partial charge in [-0.15, -0.1) is 0 Å². The third-order valence-electron chi connectivity index (χ3n) is 4.52. The topological polar surface area (TPSA) is 12.0 Å². The maximum atomic E-state index is 3.92. The molecule has 120 valence electrons. The summed E-state index contributed by atoms with van der Waals surface area (Å²) in [6.07, 6.45) is 17.3. The highest BCUT2D eigenvalue weighted by Crippen LogP contribution is 2.17. The Hall–Kier alpha value is 0.310. The number of nitrogens with one attached hydrogen (secondary N) is 1. The quantitative estimate of drug-likeness (QED) is 0.624. The van der Waals surface area contributed by atoms with E-state index in [1.807, 2.05) is 0 Å². The second kappa shape index (κ2) is 13.0. The molecule has 0 radical (unpaired) electrons. The fourth-order valence-electron chi connectivity index (χ4n) is 3.22. The summed E-state index contributed by atoms with van der Waals surface area (Å²) >= 11 is 2.08. The van der Waals surface area contributed by atoms with E-state index in [-0.39, 0.29) is 0 Å². The number of thioether (sulfide) groups is 1. The van der Waals surface area contributed by atoms with E-state index in [1.165, 1.54) is 88.6 Å². The third-order valence-corrected chi connectivity index (χ3v) is 5.46. The molecule has 0 bridgehead atoms. The molecule has 1 N–H and O–H groups in total. The third kappa shape index (κ3) is 10.1. The molecule has 0 heterocycles. The number of hydrogen-bond donors (Lipinski definition) is 1. The molecule has 0 aromatic carbocycles. The van der Waals surface area contributed by atoms with Crippen LogP contribution in [0.3, 0.4) is 0 Å². The van der Waals surface area contributed by atoms with Crippen molar-refractivity contribution in [2.75, 3.05) is 11.5 Å². The molecule has 1 rings (SSSR count). The summed E-state index contributed by atoms with van der Waals surface area (Å²) in [4.78, 5) is 0. The van der Waals surface area contributed by atoms with E-state index in [0.29, 0.717) is 6.04 Å². The van der Waals surface area contributed by atoms with E-state index >= 15 is 0 Å². The molecule has 1 aliphatic carbocycles. The maximum Gasteiger partial charge on any atom is 0.00695 e. The molecule has 0 saturated heterocycles. The Kier molecular flexibility index (Phi) is 11.9. The zero-order valence-electron chi connectivity index (χ0n) is 14.0. The van der Waals surface area contributed by atoms with Crippen molar-refractivity contribution in [3.8, 4) is 0 Å². The summed E-state index contributed by atoms with van der Waals surface area (Å²) in [6.45, 7) is 4.64. The molecule has 20 heavy (non-hydrogen) atoms. The fraction of sp³-hybridized carbons (Fsp3) is 1.00. The maximum absolute atomic E-state index is 3.92. The lowest BCUT2D eigenvalue weighted by Crippen LogP contribution is -2.37. The molecule has 0 aliphatic heterocycles. The van der Waals surface area contributed by atoms with Crippen molar-refractivity contribution in [2.45, 2.75) is 103 Å². The van der Waals surface area contributed by atoms with E-state index in [2.05, 4.69) is 30.9 Å².